The summed E-state index contributed by atoms with van der Waals surface area (Å²) in [6.45, 7) is 9.93. The molecule has 0 N–H and O–H groups in total. The second kappa shape index (κ2) is 4.78. The van der Waals surface area contributed by atoms with Crippen molar-refractivity contribution in [3.8, 4) is 0 Å². The quantitative estimate of drug-likeness (QED) is 0.591. The van der Waals surface area contributed by atoms with Gasteiger partial charge in [-0.1, -0.05) is 0 Å². The first kappa shape index (κ1) is 11.5. The summed E-state index contributed by atoms with van der Waals surface area (Å²) in [6.07, 6.45) is 9.30. The topological polar surface area (TPSA) is 0 Å². The monoisotopic (exact) mass is 202 g/mol. The van der Waals surface area contributed by atoms with E-state index < -0.39 is 7.26 Å². The zero-order valence-corrected chi connectivity index (χ0v) is 10.9. The zero-order chi connectivity index (χ0) is 9.90. The van der Waals surface area contributed by atoms with E-state index in [0.29, 0.717) is 0 Å². The summed E-state index contributed by atoms with van der Waals surface area (Å²) in [5, 5.41) is 0. The van der Waals surface area contributed by atoms with Gasteiger partial charge in [0.25, 0.3) is 0 Å². The van der Waals surface area contributed by atoms with Crippen molar-refractivity contribution in [3.05, 3.63) is 0 Å². The van der Waals surface area contributed by atoms with Gasteiger partial charge in [-0.15, -0.1) is 0 Å². The molecule has 80 valence electrons. The Labute approximate surface area is 84.8 Å². The van der Waals surface area contributed by atoms with Gasteiger partial charge in [0.1, 0.15) is 0 Å². The molecular formula is C12H27P. The molecule has 0 radical (unpaired) electrons. The maximum atomic E-state index is 2.48. The molecule has 0 aromatic heterocycles. The van der Waals surface area contributed by atoms with E-state index >= 15 is 0 Å². The molecule has 0 nitrogen and oxygen atoms in total. The van der Waals surface area contributed by atoms with Crippen LogP contribution >= 0.6 is 7.26 Å². The van der Waals surface area contributed by atoms with Crippen molar-refractivity contribution in [2.75, 3.05) is 12.3 Å². The predicted molar refractivity (Wildman–Crippen MR) is 66.8 cm³/mol. The number of hydrogen-bond acceptors (Lipinski definition) is 0. The van der Waals surface area contributed by atoms with Gasteiger partial charge in [0.2, 0.25) is 0 Å². The van der Waals surface area contributed by atoms with Gasteiger partial charge >= 0.3 is 84.3 Å². The van der Waals surface area contributed by atoms with Crippen LogP contribution < -0.4 is 0 Å². The molecule has 1 heterocycles. The molecule has 1 rings (SSSR count). The molecular weight excluding hydrogens is 175 g/mol. The van der Waals surface area contributed by atoms with E-state index in [1.165, 1.54) is 25.7 Å². The van der Waals surface area contributed by atoms with Crippen LogP contribution in [0.15, 0.2) is 0 Å². The van der Waals surface area contributed by atoms with Gasteiger partial charge in [0.15, 0.2) is 0 Å². The third kappa shape index (κ3) is 2.46. The van der Waals surface area contributed by atoms with Crippen LogP contribution in [0.3, 0.4) is 0 Å². The van der Waals surface area contributed by atoms with Crippen LogP contribution in [0.1, 0.15) is 53.4 Å². The average Bonchev–Trinajstić information content (AvgIpc) is 2.28. The van der Waals surface area contributed by atoms with Crippen molar-refractivity contribution >= 4 is 7.26 Å². The van der Waals surface area contributed by atoms with Gasteiger partial charge in [-0.2, -0.15) is 0 Å². The minimum atomic E-state index is -0.888. The van der Waals surface area contributed by atoms with Gasteiger partial charge in [0, 0.05) is 0 Å². The Morgan fingerprint density at radius 2 is 1.08 bits per heavy atom. The minimum absolute atomic E-state index is 0.888. The average molecular weight is 202 g/mol. The van der Waals surface area contributed by atoms with Crippen molar-refractivity contribution in [3.63, 3.8) is 0 Å². The third-order valence-electron chi connectivity index (χ3n) is 4.33. The summed E-state index contributed by atoms with van der Waals surface area (Å²) in [5.74, 6) is 0. The number of rotatable bonds is 2. The summed E-state index contributed by atoms with van der Waals surface area (Å²) in [5.41, 5.74) is 2.01. The van der Waals surface area contributed by atoms with E-state index in [0.717, 1.165) is 11.3 Å². The van der Waals surface area contributed by atoms with Crippen molar-refractivity contribution in [2.24, 2.45) is 0 Å². The molecule has 13 heavy (non-hydrogen) atoms. The Bertz CT molecular complexity index is 131. The van der Waals surface area contributed by atoms with E-state index in [1.807, 2.05) is 0 Å². The Hall–Kier alpha value is 0.430. The molecule has 0 aromatic carbocycles. The van der Waals surface area contributed by atoms with Crippen LogP contribution in [0, 0.1) is 0 Å². The first-order valence-corrected chi connectivity index (χ1v) is 8.66. The Morgan fingerprint density at radius 3 is 1.38 bits per heavy atom. The van der Waals surface area contributed by atoms with Gasteiger partial charge in [-0.3, -0.25) is 0 Å². The van der Waals surface area contributed by atoms with Gasteiger partial charge in [-0.25, -0.2) is 0 Å². The van der Waals surface area contributed by atoms with Crippen molar-refractivity contribution < 1.29 is 0 Å². The van der Waals surface area contributed by atoms with Crippen molar-refractivity contribution in [1.82, 2.24) is 0 Å². The first-order chi connectivity index (χ1) is 6.09. The molecule has 0 atom stereocenters. The van der Waals surface area contributed by atoms with E-state index in [4.69, 9.17) is 0 Å². The fraction of sp³-hybridized carbons (Fsp3) is 1.00. The second-order valence-corrected chi connectivity index (χ2v) is 11.2. The molecule has 1 fully saturated rings. The van der Waals surface area contributed by atoms with Gasteiger partial charge in [0.05, 0.1) is 0 Å². The van der Waals surface area contributed by atoms with Crippen molar-refractivity contribution in [2.45, 2.75) is 64.7 Å². The van der Waals surface area contributed by atoms with E-state index in [9.17, 15) is 0 Å². The molecule has 0 unspecified atom stereocenters. The van der Waals surface area contributed by atoms with Gasteiger partial charge in [-0.05, 0) is 0 Å². The molecule has 1 saturated heterocycles. The SMILES string of the molecule is CC(C)[PH]1(C(C)C)CCCCCC1. The second-order valence-electron chi connectivity index (χ2n) is 5.46. The van der Waals surface area contributed by atoms with E-state index in [-0.39, 0.29) is 0 Å². The number of hydrogen-bond donors (Lipinski definition) is 0. The van der Waals surface area contributed by atoms with Crippen LogP contribution in [0.5, 0.6) is 0 Å². The predicted octanol–water partition coefficient (Wildman–Crippen LogP) is 4.13. The Morgan fingerprint density at radius 1 is 0.692 bits per heavy atom. The molecule has 0 aromatic rings. The Balaban J connectivity index is 2.74. The molecule has 1 aliphatic rings. The Kier molecular flexibility index (Phi) is 4.23. The van der Waals surface area contributed by atoms with Crippen LogP contribution in [0.4, 0.5) is 0 Å². The first-order valence-electron chi connectivity index (χ1n) is 6.09. The maximum absolute atomic E-state index is 2.48. The molecule has 0 amide bonds. The van der Waals surface area contributed by atoms with E-state index in [2.05, 4.69) is 27.7 Å². The van der Waals surface area contributed by atoms with Crippen LogP contribution in [0.2, 0.25) is 0 Å². The molecule has 0 aliphatic carbocycles. The molecule has 0 saturated carbocycles. The van der Waals surface area contributed by atoms with Crippen LogP contribution in [0.25, 0.3) is 0 Å². The normalized spacial score (nSPS) is 26.0. The third-order valence-corrected chi connectivity index (χ3v) is 11.5. The summed E-state index contributed by atoms with van der Waals surface area (Å²) in [4.78, 5) is 0. The fourth-order valence-corrected chi connectivity index (χ4v) is 8.92. The molecule has 1 heteroatoms. The van der Waals surface area contributed by atoms with Crippen LogP contribution in [-0.2, 0) is 0 Å². The summed E-state index contributed by atoms with van der Waals surface area (Å²) in [6, 6.07) is 0. The zero-order valence-electron chi connectivity index (χ0n) is 9.90. The van der Waals surface area contributed by atoms with Crippen LogP contribution in [-0.4, -0.2) is 23.6 Å². The molecule has 1 aliphatic heterocycles. The summed E-state index contributed by atoms with van der Waals surface area (Å²) in [7, 11) is -0.888. The standard InChI is InChI=1S/C12H27P/c1-11(2)13(12(3)4)9-7-5-6-8-10-13/h11-13H,5-10H2,1-4H3. The molecule has 0 bridgehead atoms. The molecule has 0 spiro atoms. The van der Waals surface area contributed by atoms with Gasteiger partial charge < -0.3 is 0 Å². The summed E-state index contributed by atoms with van der Waals surface area (Å²) >= 11 is 0. The van der Waals surface area contributed by atoms with E-state index in [1.54, 1.807) is 12.3 Å². The summed E-state index contributed by atoms with van der Waals surface area (Å²) < 4.78 is 0. The van der Waals surface area contributed by atoms with Crippen molar-refractivity contribution in [1.29, 1.82) is 0 Å². The fourth-order valence-electron chi connectivity index (χ4n) is 3.21.